The second kappa shape index (κ2) is 6.29. The van der Waals surface area contributed by atoms with Gasteiger partial charge in [-0.25, -0.2) is 0 Å². The van der Waals surface area contributed by atoms with Crippen LogP contribution in [0.15, 0.2) is 35.7 Å². The second-order valence-corrected chi connectivity index (χ2v) is 4.40. The zero-order chi connectivity index (χ0) is 13.7. The quantitative estimate of drug-likeness (QED) is 0.674. The molecular formula is C13H17N5S. The van der Waals surface area contributed by atoms with Crippen molar-refractivity contribution < 1.29 is 0 Å². The Morgan fingerprint density at radius 3 is 2.53 bits per heavy atom. The summed E-state index contributed by atoms with van der Waals surface area (Å²) in [5, 5.41) is 10.7. The number of H-pyrrole nitrogens is 1. The smallest absolute Gasteiger partial charge is 0.216 e. The molecule has 0 bridgehead atoms. The molecule has 6 heteroatoms. The molecule has 0 radical (unpaired) electrons. The Kier molecular flexibility index (Phi) is 4.46. The first-order valence-electron chi connectivity index (χ1n) is 6.26. The summed E-state index contributed by atoms with van der Waals surface area (Å²) in [7, 11) is 0. The minimum Gasteiger partial charge on any atom is -0.372 e. The SMILES string of the molecule is CCN(CC)c1ccc(/C=N\n2cn[nH]c2=S)cc1. The molecule has 0 amide bonds. The highest BCUT2D eigenvalue weighted by atomic mass is 32.1. The maximum atomic E-state index is 5.01. The molecule has 0 aliphatic heterocycles. The minimum atomic E-state index is 0.482. The van der Waals surface area contributed by atoms with E-state index in [1.165, 1.54) is 10.4 Å². The number of nitrogens with zero attached hydrogens (tertiary/aromatic N) is 4. The van der Waals surface area contributed by atoms with Crippen molar-refractivity contribution in [3.8, 4) is 0 Å². The van der Waals surface area contributed by atoms with Crippen LogP contribution in [0.1, 0.15) is 19.4 Å². The first kappa shape index (κ1) is 13.5. The summed E-state index contributed by atoms with van der Waals surface area (Å²) in [4.78, 5) is 2.30. The highest BCUT2D eigenvalue weighted by Crippen LogP contribution is 2.13. The normalized spacial score (nSPS) is 11.1. The number of aromatic amines is 1. The molecule has 0 unspecified atom stereocenters. The summed E-state index contributed by atoms with van der Waals surface area (Å²) in [6.07, 6.45) is 3.31. The fourth-order valence-corrected chi connectivity index (χ4v) is 1.96. The number of benzene rings is 1. The molecular weight excluding hydrogens is 258 g/mol. The van der Waals surface area contributed by atoms with Crippen LogP contribution in [-0.2, 0) is 0 Å². The summed E-state index contributed by atoms with van der Waals surface area (Å²) in [5.74, 6) is 0. The molecule has 1 aromatic heterocycles. The molecule has 0 aliphatic rings. The van der Waals surface area contributed by atoms with Gasteiger partial charge in [-0.2, -0.15) is 14.9 Å². The van der Waals surface area contributed by atoms with Gasteiger partial charge in [-0.15, -0.1) is 0 Å². The summed E-state index contributed by atoms with van der Waals surface area (Å²) in [6.45, 7) is 6.32. The highest BCUT2D eigenvalue weighted by Gasteiger charge is 2.00. The number of rotatable bonds is 5. The van der Waals surface area contributed by atoms with Crippen LogP contribution in [0.3, 0.4) is 0 Å². The lowest BCUT2D eigenvalue weighted by atomic mass is 10.2. The van der Waals surface area contributed by atoms with Gasteiger partial charge in [-0.1, -0.05) is 12.1 Å². The Labute approximate surface area is 117 Å². The van der Waals surface area contributed by atoms with Gasteiger partial charge < -0.3 is 4.90 Å². The number of nitrogens with one attached hydrogen (secondary N) is 1. The summed E-state index contributed by atoms with van der Waals surface area (Å²) >= 11 is 5.01. The zero-order valence-electron chi connectivity index (χ0n) is 11.1. The van der Waals surface area contributed by atoms with Gasteiger partial charge in [0.25, 0.3) is 0 Å². The molecule has 1 N–H and O–H groups in total. The molecule has 0 saturated carbocycles. The van der Waals surface area contributed by atoms with Crippen molar-refractivity contribution in [2.24, 2.45) is 5.10 Å². The van der Waals surface area contributed by atoms with E-state index in [1.54, 1.807) is 12.5 Å². The highest BCUT2D eigenvalue weighted by molar-refractivity contribution is 7.71. The largest absolute Gasteiger partial charge is 0.372 e. The molecule has 0 fully saturated rings. The first-order chi connectivity index (χ1) is 9.24. The van der Waals surface area contributed by atoms with E-state index < -0.39 is 0 Å². The van der Waals surface area contributed by atoms with Gasteiger partial charge in [0.15, 0.2) is 0 Å². The molecule has 2 aromatic rings. The fraction of sp³-hybridized carbons (Fsp3) is 0.308. The lowest BCUT2D eigenvalue weighted by molar-refractivity contribution is 0.862. The van der Waals surface area contributed by atoms with Gasteiger partial charge in [0.1, 0.15) is 6.33 Å². The lowest BCUT2D eigenvalue weighted by Gasteiger charge is -2.20. The van der Waals surface area contributed by atoms with Crippen molar-refractivity contribution in [1.29, 1.82) is 0 Å². The van der Waals surface area contributed by atoms with Gasteiger partial charge in [0.05, 0.1) is 6.21 Å². The van der Waals surface area contributed by atoms with Crippen LogP contribution >= 0.6 is 12.2 Å². The third-order valence-corrected chi connectivity index (χ3v) is 3.17. The number of hydrogen-bond donors (Lipinski definition) is 1. The van der Waals surface area contributed by atoms with E-state index in [9.17, 15) is 0 Å². The zero-order valence-corrected chi connectivity index (χ0v) is 11.9. The lowest BCUT2D eigenvalue weighted by Crippen LogP contribution is -2.21. The Balaban J connectivity index is 2.13. The summed E-state index contributed by atoms with van der Waals surface area (Å²) in [6, 6.07) is 8.29. The van der Waals surface area contributed by atoms with Gasteiger partial charge in [0.2, 0.25) is 4.77 Å². The van der Waals surface area contributed by atoms with Gasteiger partial charge in [-0.05, 0) is 43.8 Å². The summed E-state index contributed by atoms with van der Waals surface area (Å²) < 4.78 is 2.00. The Hall–Kier alpha value is -1.95. The van der Waals surface area contributed by atoms with Crippen LogP contribution in [-0.4, -0.2) is 34.2 Å². The van der Waals surface area contributed by atoms with Crippen molar-refractivity contribution in [2.75, 3.05) is 18.0 Å². The monoisotopic (exact) mass is 275 g/mol. The molecule has 0 aliphatic carbocycles. The molecule has 1 heterocycles. The van der Waals surface area contributed by atoms with Gasteiger partial charge in [-0.3, -0.25) is 5.10 Å². The van der Waals surface area contributed by atoms with Crippen LogP contribution in [0, 0.1) is 4.77 Å². The Morgan fingerprint density at radius 1 is 1.32 bits per heavy atom. The van der Waals surface area contributed by atoms with Crippen LogP contribution in [0.5, 0.6) is 0 Å². The van der Waals surface area contributed by atoms with E-state index >= 15 is 0 Å². The van der Waals surface area contributed by atoms with Crippen LogP contribution in [0.4, 0.5) is 5.69 Å². The van der Waals surface area contributed by atoms with Crippen molar-refractivity contribution >= 4 is 24.1 Å². The van der Waals surface area contributed by atoms with Crippen LogP contribution in [0.25, 0.3) is 0 Å². The molecule has 100 valence electrons. The van der Waals surface area contributed by atoms with E-state index in [0.29, 0.717) is 4.77 Å². The molecule has 5 nitrogen and oxygen atoms in total. The number of hydrogen-bond acceptors (Lipinski definition) is 4. The van der Waals surface area contributed by atoms with Crippen LogP contribution < -0.4 is 4.90 Å². The Morgan fingerprint density at radius 2 is 2.00 bits per heavy atom. The van der Waals surface area contributed by atoms with Gasteiger partial charge >= 0.3 is 0 Å². The molecule has 0 atom stereocenters. The van der Waals surface area contributed by atoms with E-state index in [2.05, 4.69) is 46.2 Å². The molecule has 19 heavy (non-hydrogen) atoms. The average molecular weight is 275 g/mol. The van der Waals surface area contributed by atoms with Crippen molar-refractivity contribution in [1.82, 2.24) is 14.9 Å². The van der Waals surface area contributed by atoms with E-state index in [1.807, 2.05) is 12.1 Å². The van der Waals surface area contributed by atoms with Crippen molar-refractivity contribution in [3.63, 3.8) is 0 Å². The third-order valence-electron chi connectivity index (χ3n) is 2.89. The van der Waals surface area contributed by atoms with E-state index in [0.717, 1.165) is 18.7 Å². The number of anilines is 1. The molecule has 0 saturated heterocycles. The first-order valence-corrected chi connectivity index (χ1v) is 6.66. The Bertz CT molecular complexity index is 592. The predicted octanol–water partition coefficient (Wildman–Crippen LogP) is 2.67. The number of aromatic nitrogens is 3. The predicted molar refractivity (Wildman–Crippen MR) is 80.4 cm³/mol. The summed E-state index contributed by atoms with van der Waals surface area (Å²) in [5.41, 5.74) is 2.25. The van der Waals surface area contributed by atoms with Crippen molar-refractivity contribution in [2.45, 2.75) is 13.8 Å². The third kappa shape index (κ3) is 3.29. The van der Waals surface area contributed by atoms with E-state index in [4.69, 9.17) is 12.2 Å². The molecule has 1 aromatic carbocycles. The standard InChI is InChI=1S/C13H17N5S/c1-3-17(4-2)12-7-5-11(6-8-12)9-15-18-10-14-16-13(18)19/h5-10H,3-4H2,1-2H3,(H,16,19)/b15-9-. The molecule has 0 spiro atoms. The maximum absolute atomic E-state index is 5.01. The van der Waals surface area contributed by atoms with Crippen molar-refractivity contribution in [3.05, 3.63) is 40.9 Å². The minimum absolute atomic E-state index is 0.482. The van der Waals surface area contributed by atoms with Gasteiger partial charge in [0, 0.05) is 18.8 Å². The second-order valence-electron chi connectivity index (χ2n) is 4.01. The fourth-order valence-electron chi connectivity index (χ4n) is 1.81. The maximum Gasteiger partial charge on any atom is 0.216 e. The van der Waals surface area contributed by atoms with E-state index in [-0.39, 0.29) is 0 Å². The average Bonchev–Trinajstić information content (AvgIpc) is 2.85. The topological polar surface area (TPSA) is 49.2 Å². The molecule has 2 rings (SSSR count). The van der Waals surface area contributed by atoms with Crippen LogP contribution in [0.2, 0.25) is 0 Å².